The zero-order valence-corrected chi connectivity index (χ0v) is 10.7. The molecule has 1 aromatic carbocycles. The van der Waals surface area contributed by atoms with Crippen LogP contribution in [0.15, 0.2) is 24.3 Å². The first-order chi connectivity index (χ1) is 7.28. The number of benzene rings is 1. The molecule has 2 rings (SSSR count). The van der Waals surface area contributed by atoms with E-state index in [1.54, 1.807) is 0 Å². The lowest BCUT2D eigenvalue weighted by Crippen LogP contribution is -2.14. The molecule has 1 nitrogen and oxygen atoms in total. The van der Waals surface area contributed by atoms with E-state index in [0.29, 0.717) is 5.41 Å². The topological polar surface area (TPSA) is 9.23 Å². The zero-order valence-electron chi connectivity index (χ0n) is 9.13. The molecule has 0 radical (unpaired) electrons. The summed E-state index contributed by atoms with van der Waals surface area (Å²) in [5, 5.41) is 1.06. The van der Waals surface area contributed by atoms with E-state index in [2.05, 4.69) is 47.1 Å². The first-order valence-electron chi connectivity index (χ1n) is 5.56. The van der Waals surface area contributed by atoms with E-state index in [-0.39, 0.29) is 0 Å². The van der Waals surface area contributed by atoms with Gasteiger partial charge in [0.2, 0.25) is 0 Å². The molecule has 1 aliphatic rings. The van der Waals surface area contributed by atoms with Gasteiger partial charge in [0, 0.05) is 10.7 Å². The van der Waals surface area contributed by atoms with Crippen molar-refractivity contribution in [3.05, 3.63) is 29.8 Å². The molecule has 0 aliphatic heterocycles. The van der Waals surface area contributed by atoms with E-state index in [9.17, 15) is 0 Å². The number of hydrogen-bond donors (Lipinski definition) is 0. The van der Waals surface area contributed by atoms with Crippen molar-refractivity contribution in [2.75, 3.05) is 11.9 Å². The maximum Gasteiger partial charge on any atom is 0.119 e. The fourth-order valence-electron chi connectivity index (χ4n) is 1.55. The van der Waals surface area contributed by atoms with Crippen LogP contribution in [0.1, 0.15) is 25.3 Å². The van der Waals surface area contributed by atoms with Gasteiger partial charge in [0.05, 0.1) is 6.61 Å². The summed E-state index contributed by atoms with van der Waals surface area (Å²) in [5.41, 5.74) is 1.80. The standard InChI is InChI=1S/C13H17BrO/c1-2-11-3-5-12(6-4-11)15-10-13(9-14)7-8-13/h3-6H,2,7-10H2,1H3. The third-order valence-corrected chi connectivity index (χ3v) is 4.31. The number of alkyl halides is 1. The van der Waals surface area contributed by atoms with E-state index in [1.807, 2.05) is 0 Å². The first kappa shape index (κ1) is 11.0. The Morgan fingerprint density at radius 3 is 2.40 bits per heavy atom. The predicted octanol–water partition coefficient (Wildman–Crippen LogP) is 3.80. The fourth-order valence-corrected chi connectivity index (χ4v) is 2.27. The monoisotopic (exact) mass is 268 g/mol. The van der Waals surface area contributed by atoms with Gasteiger partial charge in [-0.2, -0.15) is 0 Å². The maximum absolute atomic E-state index is 5.79. The molecule has 0 saturated heterocycles. The van der Waals surface area contributed by atoms with E-state index in [4.69, 9.17) is 4.74 Å². The highest BCUT2D eigenvalue weighted by Crippen LogP contribution is 2.47. The van der Waals surface area contributed by atoms with Gasteiger partial charge in [0.25, 0.3) is 0 Å². The highest BCUT2D eigenvalue weighted by molar-refractivity contribution is 9.09. The average Bonchev–Trinajstić information content (AvgIpc) is 3.08. The Labute approximate surface area is 100.0 Å². The molecule has 15 heavy (non-hydrogen) atoms. The van der Waals surface area contributed by atoms with Gasteiger partial charge in [0.1, 0.15) is 5.75 Å². The number of rotatable bonds is 5. The van der Waals surface area contributed by atoms with Crippen molar-refractivity contribution in [3.8, 4) is 5.75 Å². The smallest absolute Gasteiger partial charge is 0.119 e. The molecule has 0 aromatic heterocycles. The minimum Gasteiger partial charge on any atom is -0.493 e. The molecule has 1 saturated carbocycles. The van der Waals surface area contributed by atoms with Gasteiger partial charge in [-0.25, -0.2) is 0 Å². The van der Waals surface area contributed by atoms with E-state index in [1.165, 1.54) is 18.4 Å². The minimum absolute atomic E-state index is 0.434. The molecule has 82 valence electrons. The molecule has 0 spiro atoms. The van der Waals surface area contributed by atoms with Crippen molar-refractivity contribution >= 4 is 15.9 Å². The van der Waals surface area contributed by atoms with Crippen molar-refractivity contribution in [1.29, 1.82) is 0 Å². The Hall–Kier alpha value is -0.500. The molecular weight excluding hydrogens is 252 g/mol. The predicted molar refractivity (Wildman–Crippen MR) is 66.8 cm³/mol. The summed E-state index contributed by atoms with van der Waals surface area (Å²) in [6, 6.07) is 8.43. The van der Waals surface area contributed by atoms with Crippen molar-refractivity contribution in [2.45, 2.75) is 26.2 Å². The number of halogens is 1. The van der Waals surface area contributed by atoms with Gasteiger partial charge in [-0.3, -0.25) is 0 Å². The summed E-state index contributed by atoms with van der Waals surface area (Å²) in [7, 11) is 0. The Kier molecular flexibility index (Phi) is 3.35. The molecule has 0 bridgehead atoms. The minimum atomic E-state index is 0.434. The quantitative estimate of drug-likeness (QED) is 0.739. The fraction of sp³-hybridized carbons (Fsp3) is 0.538. The lowest BCUT2D eigenvalue weighted by atomic mass is 10.1. The largest absolute Gasteiger partial charge is 0.493 e. The second kappa shape index (κ2) is 4.56. The Morgan fingerprint density at radius 2 is 1.93 bits per heavy atom. The normalized spacial score (nSPS) is 17.5. The molecule has 1 aromatic rings. The Balaban J connectivity index is 1.88. The summed E-state index contributed by atoms with van der Waals surface area (Å²) in [4.78, 5) is 0. The summed E-state index contributed by atoms with van der Waals surface area (Å²) in [6.45, 7) is 3.02. The SMILES string of the molecule is CCc1ccc(OCC2(CBr)CC2)cc1. The summed E-state index contributed by atoms with van der Waals surface area (Å²) in [5.74, 6) is 0.999. The number of aryl methyl sites for hydroxylation is 1. The molecule has 0 unspecified atom stereocenters. The van der Waals surface area contributed by atoms with Gasteiger partial charge >= 0.3 is 0 Å². The molecule has 2 heteroatoms. The Bertz CT molecular complexity index is 314. The van der Waals surface area contributed by atoms with Crippen molar-refractivity contribution in [3.63, 3.8) is 0 Å². The van der Waals surface area contributed by atoms with Crippen LogP contribution in [0, 0.1) is 5.41 Å². The van der Waals surface area contributed by atoms with E-state index in [0.717, 1.165) is 24.1 Å². The van der Waals surface area contributed by atoms with Crippen LogP contribution in [0.4, 0.5) is 0 Å². The van der Waals surface area contributed by atoms with Crippen LogP contribution in [0.5, 0.6) is 5.75 Å². The van der Waals surface area contributed by atoms with Gasteiger partial charge in [0.15, 0.2) is 0 Å². The maximum atomic E-state index is 5.79. The summed E-state index contributed by atoms with van der Waals surface area (Å²) >= 11 is 3.55. The third kappa shape index (κ3) is 2.75. The lowest BCUT2D eigenvalue weighted by Gasteiger charge is -2.13. The van der Waals surface area contributed by atoms with E-state index >= 15 is 0 Å². The molecule has 1 fully saturated rings. The summed E-state index contributed by atoms with van der Waals surface area (Å²) in [6.07, 6.45) is 3.68. The first-order valence-corrected chi connectivity index (χ1v) is 6.68. The second-order valence-corrected chi connectivity index (χ2v) is 4.98. The van der Waals surface area contributed by atoms with E-state index < -0.39 is 0 Å². The van der Waals surface area contributed by atoms with Crippen LogP contribution in [-0.4, -0.2) is 11.9 Å². The van der Waals surface area contributed by atoms with Crippen LogP contribution in [0.2, 0.25) is 0 Å². The van der Waals surface area contributed by atoms with Crippen LogP contribution in [0.25, 0.3) is 0 Å². The zero-order chi connectivity index (χ0) is 10.7. The molecule has 0 amide bonds. The van der Waals surface area contributed by atoms with Gasteiger partial charge < -0.3 is 4.74 Å². The lowest BCUT2D eigenvalue weighted by molar-refractivity contribution is 0.251. The summed E-state index contributed by atoms with van der Waals surface area (Å²) < 4.78 is 5.79. The second-order valence-electron chi connectivity index (χ2n) is 4.42. The number of hydrogen-bond acceptors (Lipinski definition) is 1. The van der Waals surface area contributed by atoms with Crippen LogP contribution in [0.3, 0.4) is 0 Å². The van der Waals surface area contributed by atoms with Crippen LogP contribution >= 0.6 is 15.9 Å². The third-order valence-electron chi connectivity index (χ3n) is 3.12. The van der Waals surface area contributed by atoms with Crippen molar-refractivity contribution in [1.82, 2.24) is 0 Å². The molecule has 0 atom stereocenters. The van der Waals surface area contributed by atoms with Gasteiger partial charge in [-0.15, -0.1) is 0 Å². The molecular formula is C13H17BrO. The van der Waals surface area contributed by atoms with Gasteiger partial charge in [-0.05, 0) is 37.0 Å². The van der Waals surface area contributed by atoms with Crippen molar-refractivity contribution < 1.29 is 4.74 Å². The number of ether oxygens (including phenoxy) is 1. The molecule has 0 heterocycles. The van der Waals surface area contributed by atoms with Crippen molar-refractivity contribution in [2.24, 2.45) is 5.41 Å². The van der Waals surface area contributed by atoms with Crippen LogP contribution < -0.4 is 4.74 Å². The Morgan fingerprint density at radius 1 is 1.27 bits per heavy atom. The average molecular weight is 269 g/mol. The highest BCUT2D eigenvalue weighted by Gasteiger charge is 2.42. The van der Waals surface area contributed by atoms with Crippen LogP contribution in [-0.2, 0) is 6.42 Å². The van der Waals surface area contributed by atoms with Gasteiger partial charge in [-0.1, -0.05) is 35.0 Å². The molecule has 0 N–H and O–H groups in total. The molecule has 1 aliphatic carbocycles. The highest BCUT2D eigenvalue weighted by atomic mass is 79.9.